The van der Waals surface area contributed by atoms with Crippen LogP contribution in [0, 0.1) is 0 Å². The van der Waals surface area contributed by atoms with E-state index in [1.807, 2.05) is 12.1 Å². The van der Waals surface area contributed by atoms with E-state index >= 15 is 0 Å². The lowest BCUT2D eigenvalue weighted by Crippen LogP contribution is -2.36. The number of benzene rings is 1. The first-order chi connectivity index (χ1) is 10.8. The van der Waals surface area contributed by atoms with Crippen molar-refractivity contribution in [2.24, 2.45) is 0 Å². The molecule has 0 unspecified atom stereocenters. The highest BCUT2D eigenvalue weighted by Crippen LogP contribution is 2.22. The molecule has 0 atom stereocenters. The van der Waals surface area contributed by atoms with E-state index in [0.717, 1.165) is 37.4 Å². The van der Waals surface area contributed by atoms with E-state index in [4.69, 9.17) is 10.5 Å². The van der Waals surface area contributed by atoms with Gasteiger partial charge in [0.15, 0.2) is 5.65 Å². The SMILES string of the molecule is Nc1ncnc2c1cnn2-c1ccc(N2CCOCC2)cc1. The topological polar surface area (TPSA) is 82.1 Å². The highest BCUT2D eigenvalue weighted by molar-refractivity contribution is 5.85. The van der Waals surface area contributed by atoms with Gasteiger partial charge in [-0.15, -0.1) is 0 Å². The number of morpholine rings is 1. The Morgan fingerprint density at radius 3 is 2.50 bits per heavy atom. The van der Waals surface area contributed by atoms with E-state index in [2.05, 4.69) is 32.1 Å². The van der Waals surface area contributed by atoms with E-state index in [1.54, 1.807) is 10.9 Å². The van der Waals surface area contributed by atoms with Gasteiger partial charge in [-0.3, -0.25) is 0 Å². The molecule has 1 fully saturated rings. The summed E-state index contributed by atoms with van der Waals surface area (Å²) < 4.78 is 7.16. The van der Waals surface area contributed by atoms with Crippen LogP contribution in [0.3, 0.4) is 0 Å². The van der Waals surface area contributed by atoms with Crippen molar-refractivity contribution in [3.63, 3.8) is 0 Å². The highest BCUT2D eigenvalue weighted by atomic mass is 16.5. The summed E-state index contributed by atoms with van der Waals surface area (Å²) in [4.78, 5) is 10.6. The van der Waals surface area contributed by atoms with Gasteiger partial charge in [0.1, 0.15) is 12.1 Å². The monoisotopic (exact) mass is 296 g/mol. The maximum atomic E-state index is 5.85. The normalized spacial score (nSPS) is 15.4. The van der Waals surface area contributed by atoms with E-state index in [9.17, 15) is 0 Å². The number of aromatic nitrogens is 4. The minimum absolute atomic E-state index is 0.446. The molecule has 0 aliphatic carbocycles. The lowest BCUT2D eigenvalue weighted by molar-refractivity contribution is 0.122. The molecule has 1 aromatic carbocycles. The largest absolute Gasteiger partial charge is 0.383 e. The third kappa shape index (κ3) is 2.15. The molecular weight excluding hydrogens is 280 g/mol. The van der Waals surface area contributed by atoms with E-state index in [-0.39, 0.29) is 0 Å². The van der Waals surface area contributed by atoms with Crippen LogP contribution in [0.2, 0.25) is 0 Å². The number of nitrogens with two attached hydrogens (primary N) is 1. The number of nitrogens with zero attached hydrogens (tertiary/aromatic N) is 5. The molecule has 22 heavy (non-hydrogen) atoms. The second-order valence-electron chi connectivity index (χ2n) is 5.17. The van der Waals surface area contributed by atoms with Crippen molar-refractivity contribution >= 4 is 22.5 Å². The second-order valence-corrected chi connectivity index (χ2v) is 5.17. The Labute approximate surface area is 127 Å². The van der Waals surface area contributed by atoms with Crippen LogP contribution in [0.1, 0.15) is 0 Å². The summed E-state index contributed by atoms with van der Waals surface area (Å²) in [5.74, 6) is 0.446. The van der Waals surface area contributed by atoms with Crippen LogP contribution < -0.4 is 10.6 Å². The van der Waals surface area contributed by atoms with Gasteiger partial charge in [-0.1, -0.05) is 0 Å². The molecule has 3 heterocycles. The number of hydrogen-bond donors (Lipinski definition) is 1. The summed E-state index contributed by atoms with van der Waals surface area (Å²) in [6.07, 6.45) is 3.15. The molecule has 2 aromatic heterocycles. The molecule has 0 amide bonds. The summed E-state index contributed by atoms with van der Waals surface area (Å²) in [7, 11) is 0. The van der Waals surface area contributed by atoms with Crippen LogP contribution in [0.15, 0.2) is 36.8 Å². The standard InChI is InChI=1S/C15H16N6O/c16-14-13-9-19-21(15(13)18-10-17-14)12-3-1-11(2-4-12)20-5-7-22-8-6-20/h1-4,9-10H,5-8H2,(H2,16,17,18). The van der Waals surface area contributed by atoms with Crippen LogP contribution in [0.4, 0.5) is 11.5 Å². The fourth-order valence-corrected chi connectivity index (χ4v) is 2.68. The number of hydrogen-bond acceptors (Lipinski definition) is 6. The third-order valence-electron chi connectivity index (χ3n) is 3.87. The quantitative estimate of drug-likeness (QED) is 0.766. The molecule has 112 valence electrons. The Morgan fingerprint density at radius 1 is 1.00 bits per heavy atom. The molecule has 0 saturated carbocycles. The molecule has 4 rings (SSSR count). The molecule has 1 aliphatic heterocycles. The van der Waals surface area contributed by atoms with Crippen LogP contribution in [-0.4, -0.2) is 46.1 Å². The van der Waals surface area contributed by atoms with Crippen molar-refractivity contribution in [1.82, 2.24) is 19.7 Å². The summed E-state index contributed by atoms with van der Waals surface area (Å²) >= 11 is 0. The molecule has 0 spiro atoms. The first-order valence-corrected chi connectivity index (χ1v) is 7.20. The van der Waals surface area contributed by atoms with Crippen molar-refractivity contribution in [3.05, 3.63) is 36.8 Å². The molecule has 1 aliphatic rings. The van der Waals surface area contributed by atoms with Crippen LogP contribution in [-0.2, 0) is 4.74 Å². The lowest BCUT2D eigenvalue weighted by atomic mass is 10.2. The van der Waals surface area contributed by atoms with Gasteiger partial charge in [0, 0.05) is 18.8 Å². The summed E-state index contributed by atoms with van der Waals surface area (Å²) in [5, 5.41) is 5.13. The predicted molar refractivity (Wildman–Crippen MR) is 84.1 cm³/mol. The fourth-order valence-electron chi connectivity index (χ4n) is 2.68. The molecule has 3 aromatic rings. The van der Waals surface area contributed by atoms with E-state index in [0.29, 0.717) is 11.5 Å². The number of fused-ring (bicyclic) bond motifs is 1. The number of nitrogen functional groups attached to an aromatic ring is 1. The number of anilines is 2. The average molecular weight is 296 g/mol. The maximum Gasteiger partial charge on any atom is 0.168 e. The zero-order chi connectivity index (χ0) is 14.9. The maximum absolute atomic E-state index is 5.85. The van der Waals surface area contributed by atoms with Crippen molar-refractivity contribution in [2.75, 3.05) is 36.9 Å². The average Bonchev–Trinajstić information content (AvgIpc) is 3.01. The summed E-state index contributed by atoms with van der Waals surface area (Å²) in [6, 6.07) is 8.27. The Kier molecular flexibility index (Phi) is 3.12. The van der Waals surface area contributed by atoms with Crippen LogP contribution >= 0.6 is 0 Å². The summed E-state index contributed by atoms with van der Waals surface area (Å²) in [6.45, 7) is 3.41. The highest BCUT2D eigenvalue weighted by Gasteiger charge is 2.12. The summed E-state index contributed by atoms with van der Waals surface area (Å²) in [5.41, 5.74) is 8.70. The van der Waals surface area contributed by atoms with Gasteiger partial charge in [-0.2, -0.15) is 5.10 Å². The Balaban J connectivity index is 1.68. The van der Waals surface area contributed by atoms with E-state index < -0.39 is 0 Å². The molecule has 1 saturated heterocycles. The molecule has 0 radical (unpaired) electrons. The lowest BCUT2D eigenvalue weighted by Gasteiger charge is -2.28. The minimum Gasteiger partial charge on any atom is -0.383 e. The zero-order valence-electron chi connectivity index (χ0n) is 12.0. The van der Waals surface area contributed by atoms with Gasteiger partial charge in [0.2, 0.25) is 0 Å². The zero-order valence-corrected chi connectivity index (χ0v) is 12.0. The van der Waals surface area contributed by atoms with Crippen LogP contribution in [0.5, 0.6) is 0 Å². The number of ether oxygens (including phenoxy) is 1. The van der Waals surface area contributed by atoms with Crippen molar-refractivity contribution in [2.45, 2.75) is 0 Å². The molecule has 0 bridgehead atoms. The second kappa shape index (κ2) is 5.27. The fraction of sp³-hybridized carbons (Fsp3) is 0.267. The predicted octanol–water partition coefficient (Wildman–Crippen LogP) is 1.23. The number of rotatable bonds is 2. The van der Waals surface area contributed by atoms with Gasteiger partial charge in [-0.05, 0) is 24.3 Å². The molecule has 2 N–H and O–H groups in total. The Bertz CT molecular complexity index is 791. The molecular formula is C15H16N6O. The van der Waals surface area contributed by atoms with Gasteiger partial charge in [0.25, 0.3) is 0 Å². The Hall–Kier alpha value is -2.67. The molecule has 7 nitrogen and oxygen atoms in total. The van der Waals surface area contributed by atoms with Crippen molar-refractivity contribution in [3.8, 4) is 5.69 Å². The van der Waals surface area contributed by atoms with Gasteiger partial charge >= 0.3 is 0 Å². The van der Waals surface area contributed by atoms with Crippen molar-refractivity contribution < 1.29 is 4.74 Å². The first kappa shape index (κ1) is 13.0. The van der Waals surface area contributed by atoms with Gasteiger partial charge in [-0.25, -0.2) is 14.6 Å². The smallest absolute Gasteiger partial charge is 0.168 e. The minimum atomic E-state index is 0.446. The third-order valence-corrected chi connectivity index (χ3v) is 3.87. The first-order valence-electron chi connectivity index (χ1n) is 7.20. The van der Waals surface area contributed by atoms with Crippen LogP contribution in [0.25, 0.3) is 16.7 Å². The van der Waals surface area contributed by atoms with Crippen molar-refractivity contribution in [1.29, 1.82) is 0 Å². The molecule has 7 heteroatoms. The van der Waals surface area contributed by atoms with E-state index in [1.165, 1.54) is 12.0 Å². The van der Waals surface area contributed by atoms with Gasteiger partial charge < -0.3 is 15.4 Å². The Morgan fingerprint density at radius 2 is 1.73 bits per heavy atom. The van der Waals surface area contributed by atoms with Gasteiger partial charge in [0.05, 0.1) is 30.5 Å².